The van der Waals surface area contributed by atoms with Gasteiger partial charge in [0.15, 0.2) is 0 Å². The van der Waals surface area contributed by atoms with Crippen LogP contribution >= 0.6 is 0 Å². The molecule has 0 saturated carbocycles. The van der Waals surface area contributed by atoms with E-state index in [4.69, 9.17) is 0 Å². The zero-order valence-corrected chi connectivity index (χ0v) is 19.2. The molecule has 1 aliphatic heterocycles. The molecule has 0 unspecified atom stereocenters. The molecule has 0 aromatic heterocycles. The third kappa shape index (κ3) is 4.47. The zero-order valence-electron chi connectivity index (χ0n) is 18.4. The largest absolute Gasteiger partial charge is 0.341 e. The van der Waals surface area contributed by atoms with Crippen LogP contribution in [-0.2, 0) is 10.0 Å². The molecule has 0 radical (unpaired) electrons. The molecule has 3 aromatic rings. The molecule has 5 nitrogen and oxygen atoms in total. The molecular weight excluding hydrogens is 420 g/mol. The van der Waals surface area contributed by atoms with E-state index in [-0.39, 0.29) is 16.8 Å². The van der Waals surface area contributed by atoms with Crippen molar-refractivity contribution in [3.8, 4) is 0 Å². The summed E-state index contributed by atoms with van der Waals surface area (Å²) in [5.41, 5.74) is 4.15. The van der Waals surface area contributed by atoms with E-state index in [0.29, 0.717) is 18.7 Å². The number of rotatable bonds is 6. The number of nitrogens with zero attached hydrogens (tertiary/aromatic N) is 1. The summed E-state index contributed by atoms with van der Waals surface area (Å²) in [6.07, 6.45) is 1.74. The van der Waals surface area contributed by atoms with Gasteiger partial charge in [0.1, 0.15) is 0 Å². The average Bonchev–Trinajstić information content (AvgIpc) is 3.35. The van der Waals surface area contributed by atoms with E-state index in [0.717, 1.165) is 35.1 Å². The van der Waals surface area contributed by atoms with Crippen LogP contribution in [0.4, 0.5) is 0 Å². The van der Waals surface area contributed by atoms with E-state index in [1.165, 1.54) is 10.4 Å². The third-order valence-electron chi connectivity index (χ3n) is 6.06. The van der Waals surface area contributed by atoms with E-state index < -0.39 is 10.0 Å². The summed E-state index contributed by atoms with van der Waals surface area (Å²) in [6.45, 7) is 4.90. The summed E-state index contributed by atoms with van der Waals surface area (Å²) in [5, 5.41) is 3.15. The quantitative estimate of drug-likeness (QED) is 0.599. The summed E-state index contributed by atoms with van der Waals surface area (Å²) in [5.74, 6) is -0.293. The Balaban J connectivity index is 1.69. The number of aryl methyl sites for hydroxylation is 2. The lowest BCUT2D eigenvalue weighted by Crippen LogP contribution is -2.31. The summed E-state index contributed by atoms with van der Waals surface area (Å²) < 4.78 is 27.5. The number of hydrogen-bond donors (Lipinski definition) is 1. The van der Waals surface area contributed by atoms with Gasteiger partial charge in [-0.25, -0.2) is 8.42 Å². The van der Waals surface area contributed by atoms with Crippen LogP contribution in [0.15, 0.2) is 77.7 Å². The standard InChI is InChI=1S/C26H28N2O3S/c1-19-10-6-7-13-23(19)25(21-11-4-3-5-12-21)27-26(29)24-18-22(15-14-20(24)2)32(30,31)28-16-8-9-17-28/h3-7,10-15,18,25H,8-9,16-17H2,1-2H3,(H,27,29)/t25-/m0/s1. The second-order valence-electron chi connectivity index (χ2n) is 8.26. The minimum atomic E-state index is -3.60. The maximum atomic E-state index is 13.4. The van der Waals surface area contributed by atoms with E-state index >= 15 is 0 Å². The van der Waals surface area contributed by atoms with Crippen LogP contribution in [0.3, 0.4) is 0 Å². The van der Waals surface area contributed by atoms with Gasteiger partial charge in [0.2, 0.25) is 10.0 Å². The molecule has 1 fully saturated rings. The Kier molecular flexibility index (Phi) is 6.44. The van der Waals surface area contributed by atoms with Crippen LogP contribution in [-0.4, -0.2) is 31.7 Å². The molecule has 0 aliphatic carbocycles. The highest BCUT2D eigenvalue weighted by atomic mass is 32.2. The molecule has 0 bridgehead atoms. The molecule has 1 heterocycles. The van der Waals surface area contributed by atoms with Gasteiger partial charge in [0.05, 0.1) is 10.9 Å². The van der Waals surface area contributed by atoms with Crippen LogP contribution in [0.25, 0.3) is 0 Å². The monoisotopic (exact) mass is 448 g/mol. The first-order valence-electron chi connectivity index (χ1n) is 10.9. The highest BCUT2D eigenvalue weighted by Crippen LogP contribution is 2.27. The number of hydrogen-bond acceptors (Lipinski definition) is 3. The molecular formula is C26H28N2O3S. The summed E-state index contributed by atoms with van der Waals surface area (Å²) in [6, 6.07) is 22.2. The fourth-order valence-electron chi connectivity index (χ4n) is 4.19. The van der Waals surface area contributed by atoms with Gasteiger partial charge in [0, 0.05) is 18.7 Å². The van der Waals surface area contributed by atoms with Crippen molar-refractivity contribution < 1.29 is 13.2 Å². The predicted octanol–water partition coefficient (Wildman–Crippen LogP) is 4.61. The second-order valence-corrected chi connectivity index (χ2v) is 10.2. The Labute approximate surface area is 190 Å². The maximum absolute atomic E-state index is 13.4. The molecule has 1 atom stereocenters. The molecule has 4 rings (SSSR count). The third-order valence-corrected chi connectivity index (χ3v) is 7.96. The molecule has 32 heavy (non-hydrogen) atoms. The van der Waals surface area contributed by atoms with Gasteiger partial charge in [-0.2, -0.15) is 4.31 Å². The maximum Gasteiger partial charge on any atom is 0.252 e. The summed E-state index contributed by atoms with van der Waals surface area (Å²) >= 11 is 0. The number of nitrogens with one attached hydrogen (secondary N) is 1. The number of amides is 1. The number of carbonyl (C=O) groups is 1. The smallest absolute Gasteiger partial charge is 0.252 e. The van der Waals surface area contributed by atoms with Gasteiger partial charge in [-0.3, -0.25) is 4.79 Å². The van der Waals surface area contributed by atoms with Crippen LogP contribution in [0, 0.1) is 13.8 Å². The van der Waals surface area contributed by atoms with Gasteiger partial charge < -0.3 is 5.32 Å². The van der Waals surface area contributed by atoms with E-state index in [1.54, 1.807) is 12.1 Å². The lowest BCUT2D eigenvalue weighted by molar-refractivity contribution is 0.0942. The van der Waals surface area contributed by atoms with E-state index in [1.807, 2.05) is 68.4 Å². The molecule has 0 spiro atoms. The number of sulfonamides is 1. The minimum Gasteiger partial charge on any atom is -0.341 e. The Morgan fingerprint density at radius 1 is 0.875 bits per heavy atom. The molecule has 1 amide bonds. The lowest BCUT2D eigenvalue weighted by Gasteiger charge is -2.23. The van der Waals surface area contributed by atoms with Crippen molar-refractivity contribution in [1.29, 1.82) is 0 Å². The van der Waals surface area contributed by atoms with Gasteiger partial charge in [0.25, 0.3) is 5.91 Å². The molecule has 3 aromatic carbocycles. The van der Waals surface area contributed by atoms with Crippen LogP contribution in [0.1, 0.15) is 51.5 Å². The number of carbonyl (C=O) groups excluding carboxylic acids is 1. The molecule has 1 aliphatic rings. The highest BCUT2D eigenvalue weighted by molar-refractivity contribution is 7.89. The van der Waals surface area contributed by atoms with Crippen molar-refractivity contribution in [3.05, 3.63) is 101 Å². The SMILES string of the molecule is Cc1ccc(S(=O)(=O)N2CCCC2)cc1C(=O)N[C@@H](c1ccccc1)c1ccccc1C. The fourth-order valence-corrected chi connectivity index (χ4v) is 5.73. The topological polar surface area (TPSA) is 66.5 Å². The van der Waals surface area contributed by atoms with Crippen molar-refractivity contribution in [2.45, 2.75) is 37.6 Å². The van der Waals surface area contributed by atoms with Gasteiger partial charge in [-0.05, 0) is 61.1 Å². The zero-order chi connectivity index (χ0) is 22.7. The van der Waals surface area contributed by atoms with Crippen LogP contribution in [0.2, 0.25) is 0 Å². The molecule has 1 N–H and O–H groups in total. The first-order valence-corrected chi connectivity index (χ1v) is 12.3. The van der Waals surface area contributed by atoms with E-state index in [2.05, 4.69) is 5.32 Å². The Morgan fingerprint density at radius 3 is 2.22 bits per heavy atom. The van der Waals surface area contributed by atoms with Crippen molar-refractivity contribution >= 4 is 15.9 Å². The summed E-state index contributed by atoms with van der Waals surface area (Å²) in [7, 11) is -3.60. The molecule has 166 valence electrons. The molecule has 1 saturated heterocycles. The first kappa shape index (κ1) is 22.2. The van der Waals surface area contributed by atoms with Crippen LogP contribution in [0.5, 0.6) is 0 Å². The predicted molar refractivity (Wildman–Crippen MR) is 126 cm³/mol. The van der Waals surface area contributed by atoms with Crippen molar-refractivity contribution in [1.82, 2.24) is 9.62 Å². The van der Waals surface area contributed by atoms with E-state index in [9.17, 15) is 13.2 Å². The van der Waals surface area contributed by atoms with Gasteiger partial charge >= 0.3 is 0 Å². The Morgan fingerprint density at radius 2 is 1.53 bits per heavy atom. The van der Waals surface area contributed by atoms with Crippen molar-refractivity contribution in [2.24, 2.45) is 0 Å². The summed E-state index contributed by atoms with van der Waals surface area (Å²) in [4.78, 5) is 13.6. The lowest BCUT2D eigenvalue weighted by atomic mass is 9.94. The van der Waals surface area contributed by atoms with Crippen molar-refractivity contribution in [3.63, 3.8) is 0 Å². The normalized spacial score (nSPS) is 15.4. The Hall–Kier alpha value is -2.96. The van der Waals surface area contributed by atoms with Gasteiger partial charge in [-0.1, -0.05) is 60.7 Å². The van der Waals surface area contributed by atoms with Crippen molar-refractivity contribution in [2.75, 3.05) is 13.1 Å². The molecule has 6 heteroatoms. The fraction of sp³-hybridized carbons (Fsp3) is 0.269. The first-order chi connectivity index (χ1) is 15.4. The van der Waals surface area contributed by atoms with Crippen LogP contribution < -0.4 is 5.32 Å². The average molecular weight is 449 g/mol. The Bertz CT molecular complexity index is 1220. The minimum absolute atomic E-state index is 0.169. The second kappa shape index (κ2) is 9.27. The van der Waals surface area contributed by atoms with Gasteiger partial charge in [-0.15, -0.1) is 0 Å². The number of benzene rings is 3. The highest BCUT2D eigenvalue weighted by Gasteiger charge is 2.28.